The summed E-state index contributed by atoms with van der Waals surface area (Å²) in [5, 5.41) is 7.57. The summed E-state index contributed by atoms with van der Waals surface area (Å²) >= 11 is 0. The van der Waals surface area contributed by atoms with Crippen LogP contribution in [0.25, 0.3) is 16.9 Å². The van der Waals surface area contributed by atoms with Crippen molar-refractivity contribution in [2.45, 2.75) is 13.8 Å². The number of rotatable bonds is 7. The van der Waals surface area contributed by atoms with Gasteiger partial charge in [0.25, 0.3) is 5.91 Å². The molecule has 0 bridgehead atoms. The van der Waals surface area contributed by atoms with Crippen molar-refractivity contribution in [3.05, 3.63) is 89.6 Å². The van der Waals surface area contributed by atoms with Crippen molar-refractivity contribution < 1.29 is 17.9 Å². The van der Waals surface area contributed by atoms with E-state index in [1.807, 2.05) is 55.5 Å². The smallest absolute Gasteiger partial charge is 0.259 e. The van der Waals surface area contributed by atoms with Gasteiger partial charge in [0.05, 0.1) is 30.3 Å². The van der Waals surface area contributed by atoms with Gasteiger partial charge in [0.1, 0.15) is 11.4 Å². The second-order valence-corrected chi connectivity index (χ2v) is 10.0. The SMILES string of the molecule is COc1cccc(-c2nn(-c3ccc(C)cc3)cc2C(=O)Nc2ccc(C)c(NS(C)(=O)=O)c2)c1. The van der Waals surface area contributed by atoms with Gasteiger partial charge in [0, 0.05) is 17.4 Å². The number of carbonyl (C=O) groups is 1. The van der Waals surface area contributed by atoms with E-state index < -0.39 is 10.0 Å². The summed E-state index contributed by atoms with van der Waals surface area (Å²) < 4.78 is 32.9. The maximum absolute atomic E-state index is 13.4. The molecule has 2 N–H and O–H groups in total. The summed E-state index contributed by atoms with van der Waals surface area (Å²) in [6.07, 6.45) is 2.76. The molecular weight excluding hydrogens is 464 g/mol. The Morgan fingerprint density at radius 2 is 1.74 bits per heavy atom. The van der Waals surface area contributed by atoms with Crippen LogP contribution >= 0.6 is 0 Å². The first-order valence-electron chi connectivity index (χ1n) is 10.8. The van der Waals surface area contributed by atoms with Gasteiger partial charge >= 0.3 is 0 Å². The molecule has 3 aromatic carbocycles. The highest BCUT2D eigenvalue weighted by Gasteiger charge is 2.20. The number of hydrogen-bond donors (Lipinski definition) is 2. The van der Waals surface area contributed by atoms with E-state index in [1.165, 1.54) is 0 Å². The van der Waals surface area contributed by atoms with E-state index in [-0.39, 0.29) is 5.91 Å². The number of methoxy groups -OCH3 is 1. The van der Waals surface area contributed by atoms with Crippen LogP contribution < -0.4 is 14.8 Å². The Kier molecular flexibility index (Phi) is 6.61. The van der Waals surface area contributed by atoms with Gasteiger partial charge in [-0.2, -0.15) is 5.10 Å². The lowest BCUT2D eigenvalue weighted by Gasteiger charge is -2.11. The summed E-state index contributed by atoms with van der Waals surface area (Å²) in [5.41, 5.74) is 5.08. The zero-order valence-corrected chi connectivity index (χ0v) is 20.7. The zero-order chi connectivity index (χ0) is 25.2. The van der Waals surface area contributed by atoms with Crippen molar-refractivity contribution in [2.24, 2.45) is 0 Å². The molecule has 35 heavy (non-hydrogen) atoms. The Hall–Kier alpha value is -4.11. The standard InChI is InChI=1S/C26H26N4O4S/c1-17-8-12-21(13-9-17)30-16-23(25(28-30)19-6-5-7-22(14-19)34-3)26(31)27-20-11-10-18(2)24(15-20)29-35(4,32)33/h5-16,29H,1-4H3,(H,27,31). The molecule has 8 nitrogen and oxygen atoms in total. The van der Waals surface area contributed by atoms with Gasteiger partial charge < -0.3 is 10.1 Å². The average Bonchev–Trinajstić information content (AvgIpc) is 3.26. The third kappa shape index (κ3) is 5.70. The van der Waals surface area contributed by atoms with Crippen LogP contribution in [0.1, 0.15) is 21.5 Å². The minimum absolute atomic E-state index is 0.358. The number of sulfonamides is 1. The van der Waals surface area contributed by atoms with Crippen molar-refractivity contribution in [2.75, 3.05) is 23.4 Å². The molecule has 0 spiro atoms. The summed E-state index contributed by atoms with van der Waals surface area (Å²) in [5.74, 6) is 0.268. The van der Waals surface area contributed by atoms with Crippen LogP contribution in [-0.4, -0.2) is 37.5 Å². The number of nitrogens with zero attached hydrogens (tertiary/aromatic N) is 2. The molecule has 4 aromatic rings. The molecule has 9 heteroatoms. The van der Waals surface area contributed by atoms with Crippen molar-refractivity contribution in [3.8, 4) is 22.7 Å². The van der Waals surface area contributed by atoms with Crippen molar-refractivity contribution in [1.29, 1.82) is 0 Å². The average molecular weight is 491 g/mol. The van der Waals surface area contributed by atoms with E-state index in [2.05, 4.69) is 10.0 Å². The minimum Gasteiger partial charge on any atom is -0.497 e. The van der Waals surface area contributed by atoms with E-state index in [0.717, 1.165) is 28.6 Å². The maximum Gasteiger partial charge on any atom is 0.259 e. The molecule has 1 amide bonds. The van der Waals surface area contributed by atoms with Crippen LogP contribution in [-0.2, 0) is 10.0 Å². The second kappa shape index (κ2) is 9.63. The first-order chi connectivity index (χ1) is 16.6. The molecule has 180 valence electrons. The number of carbonyl (C=O) groups excluding carboxylic acids is 1. The van der Waals surface area contributed by atoms with Gasteiger partial charge in [-0.05, 0) is 55.8 Å². The summed E-state index contributed by atoms with van der Waals surface area (Å²) in [7, 11) is -1.88. The predicted octanol–water partition coefficient (Wildman–Crippen LogP) is 4.79. The van der Waals surface area contributed by atoms with Gasteiger partial charge in [-0.3, -0.25) is 9.52 Å². The van der Waals surface area contributed by atoms with E-state index in [0.29, 0.717) is 28.4 Å². The van der Waals surface area contributed by atoms with Gasteiger partial charge in [-0.1, -0.05) is 35.9 Å². The van der Waals surface area contributed by atoms with E-state index in [9.17, 15) is 13.2 Å². The van der Waals surface area contributed by atoms with Crippen molar-refractivity contribution in [1.82, 2.24) is 9.78 Å². The molecule has 0 unspecified atom stereocenters. The molecular formula is C26H26N4O4S. The molecule has 0 fully saturated rings. The molecule has 0 saturated heterocycles. The number of hydrogen-bond acceptors (Lipinski definition) is 5. The Morgan fingerprint density at radius 3 is 2.43 bits per heavy atom. The van der Waals surface area contributed by atoms with Crippen molar-refractivity contribution >= 4 is 27.3 Å². The molecule has 0 radical (unpaired) electrons. The van der Waals surface area contributed by atoms with Crippen LogP contribution in [0.15, 0.2) is 72.9 Å². The predicted molar refractivity (Wildman–Crippen MR) is 138 cm³/mol. The zero-order valence-electron chi connectivity index (χ0n) is 19.9. The van der Waals surface area contributed by atoms with Gasteiger partial charge in [-0.25, -0.2) is 13.1 Å². The number of benzene rings is 3. The first kappa shape index (κ1) is 24.0. The van der Waals surface area contributed by atoms with E-state index >= 15 is 0 Å². The lowest BCUT2D eigenvalue weighted by Crippen LogP contribution is -2.14. The van der Waals surface area contributed by atoms with Crippen LogP contribution in [0.5, 0.6) is 5.75 Å². The summed E-state index contributed by atoms with van der Waals surface area (Å²) in [6.45, 7) is 3.79. The normalized spacial score (nSPS) is 11.2. The van der Waals surface area contributed by atoms with E-state index in [1.54, 1.807) is 43.1 Å². The third-order valence-electron chi connectivity index (χ3n) is 5.39. The van der Waals surface area contributed by atoms with Crippen molar-refractivity contribution in [3.63, 3.8) is 0 Å². The summed E-state index contributed by atoms with van der Waals surface area (Å²) in [6, 6.07) is 20.2. The van der Waals surface area contributed by atoms with Gasteiger partial charge in [0.15, 0.2) is 0 Å². The molecule has 0 saturated carbocycles. The highest BCUT2D eigenvalue weighted by molar-refractivity contribution is 7.92. The first-order valence-corrected chi connectivity index (χ1v) is 12.7. The Balaban J connectivity index is 1.74. The Morgan fingerprint density at radius 1 is 1.00 bits per heavy atom. The quantitative estimate of drug-likeness (QED) is 0.388. The van der Waals surface area contributed by atoms with Gasteiger partial charge in [0.2, 0.25) is 10.0 Å². The highest BCUT2D eigenvalue weighted by atomic mass is 32.2. The molecule has 1 aromatic heterocycles. The molecule has 0 aliphatic carbocycles. The third-order valence-corrected chi connectivity index (χ3v) is 5.98. The lowest BCUT2D eigenvalue weighted by atomic mass is 10.1. The number of ether oxygens (including phenoxy) is 1. The van der Waals surface area contributed by atoms with Crippen LogP contribution in [0, 0.1) is 13.8 Å². The maximum atomic E-state index is 13.4. The Labute approximate surface area is 204 Å². The number of amides is 1. The number of aryl methyl sites for hydroxylation is 2. The molecule has 0 aliphatic rings. The molecule has 0 aliphatic heterocycles. The fraction of sp³-hybridized carbons (Fsp3) is 0.154. The summed E-state index contributed by atoms with van der Waals surface area (Å²) in [4.78, 5) is 13.4. The minimum atomic E-state index is -3.46. The number of nitrogens with one attached hydrogen (secondary N) is 2. The van der Waals surface area contributed by atoms with Crippen LogP contribution in [0.3, 0.4) is 0 Å². The molecule has 4 rings (SSSR count). The van der Waals surface area contributed by atoms with Gasteiger partial charge in [-0.15, -0.1) is 0 Å². The highest BCUT2D eigenvalue weighted by Crippen LogP contribution is 2.28. The molecule has 1 heterocycles. The fourth-order valence-electron chi connectivity index (χ4n) is 3.56. The van der Waals surface area contributed by atoms with E-state index in [4.69, 9.17) is 9.84 Å². The lowest BCUT2D eigenvalue weighted by molar-refractivity contribution is 0.102. The molecule has 0 atom stereocenters. The number of anilines is 2. The fourth-order valence-corrected chi connectivity index (χ4v) is 4.18. The monoisotopic (exact) mass is 490 g/mol. The van der Waals surface area contributed by atoms with Crippen LogP contribution in [0.2, 0.25) is 0 Å². The van der Waals surface area contributed by atoms with Crippen LogP contribution in [0.4, 0.5) is 11.4 Å². The Bertz CT molecular complexity index is 1490. The topological polar surface area (TPSA) is 102 Å². The number of aromatic nitrogens is 2. The largest absolute Gasteiger partial charge is 0.497 e. The second-order valence-electron chi connectivity index (χ2n) is 8.26.